The largest absolute Gasteiger partial charge is 0.340 e. The summed E-state index contributed by atoms with van der Waals surface area (Å²) in [4.78, 5) is 29.0. The minimum absolute atomic E-state index is 0. The third-order valence-corrected chi connectivity index (χ3v) is 6.22. The first-order chi connectivity index (χ1) is 10.8. The van der Waals surface area contributed by atoms with Gasteiger partial charge < -0.3 is 15.1 Å². The first kappa shape index (κ1) is 17.0. The van der Waals surface area contributed by atoms with Crippen molar-refractivity contribution < 1.29 is 9.59 Å². The molecule has 2 saturated carbocycles. The molecule has 2 saturated heterocycles. The Morgan fingerprint density at radius 3 is 2.48 bits per heavy atom. The van der Waals surface area contributed by atoms with Crippen molar-refractivity contribution >= 4 is 24.2 Å². The lowest BCUT2D eigenvalue weighted by molar-refractivity contribution is -0.141. The van der Waals surface area contributed by atoms with E-state index >= 15 is 0 Å². The molecule has 0 spiro atoms. The lowest BCUT2D eigenvalue weighted by Gasteiger charge is -2.41. The lowest BCUT2D eigenvalue weighted by Crippen LogP contribution is -2.57. The summed E-state index contributed by atoms with van der Waals surface area (Å²) in [5.74, 6) is 2.28. The highest BCUT2D eigenvalue weighted by molar-refractivity contribution is 5.85. The predicted molar refractivity (Wildman–Crippen MR) is 90.4 cm³/mol. The molecule has 0 radical (unpaired) electrons. The summed E-state index contributed by atoms with van der Waals surface area (Å²) in [5.41, 5.74) is 0. The molecule has 0 aromatic rings. The van der Waals surface area contributed by atoms with E-state index in [9.17, 15) is 9.59 Å². The summed E-state index contributed by atoms with van der Waals surface area (Å²) < 4.78 is 0. The Bertz CT molecular complexity index is 461. The van der Waals surface area contributed by atoms with Gasteiger partial charge in [0.25, 0.3) is 0 Å². The van der Waals surface area contributed by atoms with E-state index in [0.717, 1.165) is 39.0 Å². The van der Waals surface area contributed by atoms with Crippen LogP contribution in [-0.2, 0) is 9.59 Å². The van der Waals surface area contributed by atoms with Crippen molar-refractivity contribution in [1.82, 2.24) is 15.1 Å². The summed E-state index contributed by atoms with van der Waals surface area (Å²) in [5, 5.41) is 3.13. The number of piperidine rings is 1. The van der Waals surface area contributed by atoms with E-state index in [2.05, 4.69) is 10.2 Å². The van der Waals surface area contributed by atoms with Crippen LogP contribution < -0.4 is 5.32 Å². The first-order valence-electron chi connectivity index (χ1n) is 9.04. The van der Waals surface area contributed by atoms with Crippen LogP contribution in [-0.4, -0.2) is 60.4 Å². The van der Waals surface area contributed by atoms with Crippen molar-refractivity contribution in [3.63, 3.8) is 0 Å². The van der Waals surface area contributed by atoms with Crippen LogP contribution >= 0.6 is 12.4 Å². The summed E-state index contributed by atoms with van der Waals surface area (Å²) in [6.45, 7) is 3.78. The molecule has 5 nitrogen and oxygen atoms in total. The van der Waals surface area contributed by atoms with Gasteiger partial charge in [0.05, 0.1) is 6.54 Å². The zero-order chi connectivity index (χ0) is 15.1. The van der Waals surface area contributed by atoms with Gasteiger partial charge in [-0.2, -0.15) is 0 Å². The molecular weight excluding hydrogens is 314 g/mol. The minimum Gasteiger partial charge on any atom is -0.340 e. The van der Waals surface area contributed by atoms with E-state index < -0.39 is 0 Å². The van der Waals surface area contributed by atoms with Gasteiger partial charge in [-0.15, -0.1) is 12.4 Å². The van der Waals surface area contributed by atoms with Crippen molar-refractivity contribution in [2.75, 3.05) is 32.7 Å². The van der Waals surface area contributed by atoms with Gasteiger partial charge in [-0.25, -0.2) is 0 Å². The second kappa shape index (κ2) is 6.98. The van der Waals surface area contributed by atoms with Gasteiger partial charge in [0, 0.05) is 38.1 Å². The molecule has 3 atom stereocenters. The average molecular weight is 342 g/mol. The number of amides is 2. The van der Waals surface area contributed by atoms with Crippen LogP contribution in [0.3, 0.4) is 0 Å². The van der Waals surface area contributed by atoms with Crippen molar-refractivity contribution in [1.29, 1.82) is 0 Å². The average Bonchev–Trinajstić information content (AvgIpc) is 3.29. The van der Waals surface area contributed by atoms with E-state index in [-0.39, 0.29) is 24.4 Å². The van der Waals surface area contributed by atoms with E-state index in [1.807, 2.05) is 4.90 Å². The lowest BCUT2D eigenvalue weighted by atomic mass is 10.0. The maximum Gasteiger partial charge on any atom is 0.236 e. The maximum atomic E-state index is 12.8. The molecule has 4 fully saturated rings. The Hall–Kier alpha value is -0.810. The number of carbonyl (C=O) groups is 2. The molecule has 2 heterocycles. The SMILES string of the molecule is Cl.O=C(C1C2CCCCC21)N1CCCC(N2CCNCC2=O)C1. The van der Waals surface area contributed by atoms with Crippen LogP contribution in [0, 0.1) is 17.8 Å². The van der Waals surface area contributed by atoms with E-state index in [0.29, 0.717) is 30.2 Å². The van der Waals surface area contributed by atoms with Gasteiger partial charge in [0.1, 0.15) is 0 Å². The van der Waals surface area contributed by atoms with Gasteiger partial charge in [-0.1, -0.05) is 12.8 Å². The van der Waals surface area contributed by atoms with Crippen LogP contribution in [0.15, 0.2) is 0 Å². The Labute approximate surface area is 144 Å². The van der Waals surface area contributed by atoms with E-state index in [1.54, 1.807) is 0 Å². The monoisotopic (exact) mass is 341 g/mol. The smallest absolute Gasteiger partial charge is 0.236 e. The normalized spacial score (nSPS) is 37.0. The van der Waals surface area contributed by atoms with Crippen LogP contribution in [0.25, 0.3) is 0 Å². The Morgan fingerprint density at radius 1 is 1.04 bits per heavy atom. The van der Waals surface area contributed by atoms with Gasteiger partial charge in [0.15, 0.2) is 0 Å². The fourth-order valence-electron chi connectivity index (χ4n) is 4.99. The van der Waals surface area contributed by atoms with Crippen LogP contribution in [0.2, 0.25) is 0 Å². The molecule has 2 aliphatic carbocycles. The molecule has 0 aromatic heterocycles. The fraction of sp³-hybridized carbons (Fsp3) is 0.882. The summed E-state index contributed by atoms with van der Waals surface area (Å²) in [6.07, 6.45) is 7.22. The highest BCUT2D eigenvalue weighted by Gasteiger charge is 2.56. The number of halogens is 1. The van der Waals surface area contributed by atoms with Gasteiger partial charge in [0.2, 0.25) is 11.8 Å². The molecule has 1 N–H and O–H groups in total. The van der Waals surface area contributed by atoms with Gasteiger partial charge in [-0.05, 0) is 37.5 Å². The number of rotatable bonds is 2. The molecular formula is C17H28ClN3O2. The van der Waals surface area contributed by atoms with Crippen molar-refractivity contribution in [3.05, 3.63) is 0 Å². The molecule has 6 heteroatoms. The molecule has 4 rings (SSSR count). The third kappa shape index (κ3) is 3.22. The van der Waals surface area contributed by atoms with E-state index in [4.69, 9.17) is 0 Å². The standard InChI is InChI=1S/C17H27N3O2.ClH/c21-15-10-18-7-9-20(15)12-4-3-8-19(11-12)17(22)16-13-5-1-2-6-14(13)16;/h12-14,16,18H,1-11H2;1H. The highest BCUT2D eigenvalue weighted by atomic mass is 35.5. The number of hydrogen-bond acceptors (Lipinski definition) is 3. The quantitative estimate of drug-likeness (QED) is 0.823. The third-order valence-electron chi connectivity index (χ3n) is 6.22. The van der Waals surface area contributed by atoms with Crippen molar-refractivity contribution in [2.45, 2.75) is 44.6 Å². The summed E-state index contributed by atoms with van der Waals surface area (Å²) in [6, 6.07) is 0.244. The van der Waals surface area contributed by atoms with Crippen LogP contribution in [0.5, 0.6) is 0 Å². The summed E-state index contributed by atoms with van der Waals surface area (Å²) >= 11 is 0. The predicted octanol–water partition coefficient (Wildman–Crippen LogP) is 1.27. The number of nitrogens with one attached hydrogen (secondary N) is 1. The van der Waals surface area contributed by atoms with Crippen LogP contribution in [0.4, 0.5) is 0 Å². The van der Waals surface area contributed by atoms with E-state index in [1.165, 1.54) is 25.7 Å². The number of likely N-dealkylation sites (tertiary alicyclic amines) is 1. The van der Waals surface area contributed by atoms with Gasteiger partial charge in [-0.3, -0.25) is 9.59 Å². The molecule has 0 aromatic carbocycles. The molecule has 3 unspecified atom stereocenters. The zero-order valence-electron chi connectivity index (χ0n) is 13.7. The second-order valence-electron chi connectivity index (χ2n) is 7.48. The van der Waals surface area contributed by atoms with Crippen molar-refractivity contribution in [3.8, 4) is 0 Å². The molecule has 2 amide bonds. The Balaban J connectivity index is 0.00000156. The molecule has 4 aliphatic rings. The number of piperazine rings is 1. The molecule has 23 heavy (non-hydrogen) atoms. The second-order valence-corrected chi connectivity index (χ2v) is 7.48. The fourth-order valence-corrected chi connectivity index (χ4v) is 4.99. The van der Waals surface area contributed by atoms with Crippen LogP contribution in [0.1, 0.15) is 38.5 Å². The number of hydrogen-bond donors (Lipinski definition) is 1. The maximum absolute atomic E-state index is 12.8. The number of carbonyl (C=O) groups excluding carboxylic acids is 2. The van der Waals surface area contributed by atoms with Crippen molar-refractivity contribution in [2.24, 2.45) is 17.8 Å². The topological polar surface area (TPSA) is 52.7 Å². The Morgan fingerprint density at radius 2 is 1.78 bits per heavy atom. The Kier molecular flexibility index (Phi) is 5.16. The zero-order valence-corrected chi connectivity index (χ0v) is 14.5. The molecule has 130 valence electrons. The van der Waals surface area contributed by atoms with Gasteiger partial charge >= 0.3 is 0 Å². The minimum atomic E-state index is 0. The first-order valence-corrected chi connectivity index (χ1v) is 9.04. The number of fused-ring (bicyclic) bond motifs is 1. The number of nitrogens with zero attached hydrogens (tertiary/aromatic N) is 2. The summed E-state index contributed by atoms with van der Waals surface area (Å²) in [7, 11) is 0. The molecule has 0 bridgehead atoms. The molecule has 2 aliphatic heterocycles. The highest BCUT2D eigenvalue weighted by Crippen LogP contribution is 2.56.